The molecule has 0 bridgehead atoms. The molecule has 2 rings (SSSR count). The van der Waals surface area contributed by atoms with Crippen molar-refractivity contribution in [2.45, 2.75) is 6.42 Å². The molecular formula is C9H15Cl2FN4. The third kappa shape index (κ3) is 4.08. The van der Waals surface area contributed by atoms with Crippen LogP contribution in [0.25, 0.3) is 0 Å². The number of hydrogen-bond acceptors (Lipinski definition) is 4. The van der Waals surface area contributed by atoms with Crippen molar-refractivity contribution in [2.75, 3.05) is 31.1 Å². The summed E-state index contributed by atoms with van der Waals surface area (Å²) in [5.41, 5.74) is 0. The lowest BCUT2D eigenvalue weighted by Gasteiger charge is -2.18. The zero-order valence-corrected chi connectivity index (χ0v) is 10.4. The highest BCUT2D eigenvalue weighted by atomic mass is 35.5. The summed E-state index contributed by atoms with van der Waals surface area (Å²) in [5, 5.41) is 3.29. The standard InChI is InChI=1S/C9H13FN4.2ClH/c10-8-6-12-9(13-7-8)14-4-1-2-11-3-5-14;;/h6-7,11H,1-5H2;2*1H. The second-order valence-electron chi connectivity index (χ2n) is 3.29. The van der Waals surface area contributed by atoms with Gasteiger partial charge >= 0.3 is 0 Å². The molecule has 1 aromatic rings. The lowest BCUT2D eigenvalue weighted by atomic mass is 10.4. The minimum absolute atomic E-state index is 0. The summed E-state index contributed by atoms with van der Waals surface area (Å²) in [6.45, 7) is 3.77. The molecule has 0 aromatic carbocycles. The van der Waals surface area contributed by atoms with Crippen molar-refractivity contribution in [3.63, 3.8) is 0 Å². The van der Waals surface area contributed by atoms with Gasteiger partial charge in [-0.05, 0) is 13.0 Å². The minimum atomic E-state index is -0.387. The van der Waals surface area contributed by atoms with Gasteiger partial charge < -0.3 is 10.2 Å². The second-order valence-corrected chi connectivity index (χ2v) is 3.29. The Labute approximate surface area is 106 Å². The summed E-state index contributed by atoms with van der Waals surface area (Å²) in [6.07, 6.45) is 3.49. The Hall–Kier alpha value is -0.650. The smallest absolute Gasteiger partial charge is 0.225 e. The molecule has 0 unspecified atom stereocenters. The topological polar surface area (TPSA) is 41.1 Å². The summed E-state index contributed by atoms with van der Waals surface area (Å²) in [5.74, 6) is 0.233. The summed E-state index contributed by atoms with van der Waals surface area (Å²) in [6, 6.07) is 0. The zero-order valence-electron chi connectivity index (χ0n) is 8.73. The third-order valence-electron chi connectivity index (χ3n) is 2.23. The summed E-state index contributed by atoms with van der Waals surface area (Å²) < 4.78 is 12.6. The van der Waals surface area contributed by atoms with E-state index in [-0.39, 0.29) is 30.6 Å². The predicted octanol–water partition coefficient (Wildman–Crippen LogP) is 1.26. The average molecular weight is 269 g/mol. The fraction of sp³-hybridized carbons (Fsp3) is 0.556. The second kappa shape index (κ2) is 7.60. The van der Waals surface area contributed by atoms with Crippen LogP contribution in [0.15, 0.2) is 12.4 Å². The maximum atomic E-state index is 12.6. The van der Waals surface area contributed by atoms with Crippen LogP contribution in [0, 0.1) is 5.82 Å². The molecule has 16 heavy (non-hydrogen) atoms. The van der Waals surface area contributed by atoms with Gasteiger partial charge in [-0.2, -0.15) is 0 Å². The minimum Gasteiger partial charge on any atom is -0.340 e. The molecule has 1 aliphatic rings. The van der Waals surface area contributed by atoms with Crippen molar-refractivity contribution < 1.29 is 4.39 Å². The number of anilines is 1. The van der Waals surface area contributed by atoms with E-state index in [1.807, 2.05) is 0 Å². The van der Waals surface area contributed by atoms with E-state index >= 15 is 0 Å². The van der Waals surface area contributed by atoms with E-state index in [2.05, 4.69) is 20.2 Å². The van der Waals surface area contributed by atoms with Crippen molar-refractivity contribution in [1.82, 2.24) is 15.3 Å². The molecule has 92 valence electrons. The van der Waals surface area contributed by atoms with Crippen molar-refractivity contribution in [3.05, 3.63) is 18.2 Å². The molecule has 1 aromatic heterocycles. The Morgan fingerprint density at radius 3 is 2.50 bits per heavy atom. The lowest BCUT2D eigenvalue weighted by molar-refractivity contribution is 0.611. The quantitative estimate of drug-likeness (QED) is 0.833. The molecule has 0 aliphatic carbocycles. The number of hydrogen-bond donors (Lipinski definition) is 1. The van der Waals surface area contributed by atoms with Crippen LogP contribution in [-0.2, 0) is 0 Å². The van der Waals surface area contributed by atoms with Gasteiger partial charge in [-0.3, -0.25) is 0 Å². The van der Waals surface area contributed by atoms with E-state index in [4.69, 9.17) is 0 Å². The van der Waals surface area contributed by atoms with Gasteiger partial charge in [0.1, 0.15) is 0 Å². The molecular weight excluding hydrogens is 254 g/mol. The van der Waals surface area contributed by atoms with Gasteiger partial charge in [0, 0.05) is 19.6 Å². The fourth-order valence-corrected chi connectivity index (χ4v) is 1.51. The molecule has 0 amide bonds. The molecule has 0 atom stereocenters. The largest absolute Gasteiger partial charge is 0.340 e. The van der Waals surface area contributed by atoms with Crippen LogP contribution < -0.4 is 10.2 Å². The highest BCUT2D eigenvalue weighted by Gasteiger charge is 2.11. The van der Waals surface area contributed by atoms with Gasteiger partial charge in [0.25, 0.3) is 0 Å². The SMILES string of the molecule is Cl.Cl.Fc1cnc(N2CCCNCC2)nc1. The monoisotopic (exact) mass is 268 g/mol. The molecule has 1 N–H and O–H groups in total. The normalized spacial score (nSPS) is 15.7. The van der Waals surface area contributed by atoms with Crippen LogP contribution in [-0.4, -0.2) is 36.1 Å². The molecule has 7 heteroatoms. The van der Waals surface area contributed by atoms with Gasteiger partial charge in [-0.1, -0.05) is 0 Å². The number of nitrogens with one attached hydrogen (secondary N) is 1. The van der Waals surface area contributed by atoms with Crippen molar-refractivity contribution in [1.29, 1.82) is 0 Å². The van der Waals surface area contributed by atoms with Gasteiger partial charge in [0.15, 0.2) is 5.82 Å². The van der Waals surface area contributed by atoms with E-state index in [0.717, 1.165) is 32.6 Å². The van der Waals surface area contributed by atoms with E-state index < -0.39 is 0 Å². The highest BCUT2D eigenvalue weighted by Crippen LogP contribution is 2.07. The van der Waals surface area contributed by atoms with Gasteiger partial charge in [0.2, 0.25) is 5.95 Å². The first kappa shape index (κ1) is 15.3. The molecule has 2 heterocycles. The van der Waals surface area contributed by atoms with E-state index in [9.17, 15) is 4.39 Å². The molecule has 0 radical (unpaired) electrons. The third-order valence-corrected chi connectivity index (χ3v) is 2.23. The lowest BCUT2D eigenvalue weighted by Crippen LogP contribution is -2.29. The predicted molar refractivity (Wildman–Crippen MR) is 66.2 cm³/mol. The Kier molecular flexibility index (Phi) is 7.29. The fourth-order valence-electron chi connectivity index (χ4n) is 1.51. The Balaban J connectivity index is 0.00000112. The summed E-state index contributed by atoms with van der Waals surface area (Å²) in [7, 11) is 0. The molecule has 1 aliphatic heterocycles. The van der Waals surface area contributed by atoms with Crippen molar-refractivity contribution in [3.8, 4) is 0 Å². The maximum absolute atomic E-state index is 12.6. The van der Waals surface area contributed by atoms with Crippen molar-refractivity contribution in [2.24, 2.45) is 0 Å². The number of halogens is 3. The molecule has 1 fully saturated rings. The molecule has 4 nitrogen and oxygen atoms in total. The average Bonchev–Trinajstić information content (AvgIpc) is 2.47. The van der Waals surface area contributed by atoms with Crippen molar-refractivity contribution >= 4 is 30.8 Å². The Morgan fingerprint density at radius 1 is 1.12 bits per heavy atom. The van der Waals surface area contributed by atoms with Crippen LogP contribution >= 0.6 is 24.8 Å². The molecule has 0 spiro atoms. The van der Waals surface area contributed by atoms with Gasteiger partial charge in [-0.15, -0.1) is 24.8 Å². The first-order valence-electron chi connectivity index (χ1n) is 4.79. The Morgan fingerprint density at radius 2 is 1.81 bits per heavy atom. The van der Waals surface area contributed by atoms with Crippen LogP contribution in [0.4, 0.5) is 10.3 Å². The van der Waals surface area contributed by atoms with Crippen LogP contribution in [0.2, 0.25) is 0 Å². The summed E-state index contributed by atoms with van der Waals surface area (Å²) >= 11 is 0. The van der Waals surface area contributed by atoms with Gasteiger partial charge in [0.05, 0.1) is 12.4 Å². The van der Waals surface area contributed by atoms with Crippen LogP contribution in [0.1, 0.15) is 6.42 Å². The zero-order chi connectivity index (χ0) is 9.80. The maximum Gasteiger partial charge on any atom is 0.225 e. The first-order chi connectivity index (χ1) is 6.86. The van der Waals surface area contributed by atoms with E-state index in [1.54, 1.807) is 0 Å². The van der Waals surface area contributed by atoms with E-state index in [0.29, 0.717) is 5.95 Å². The van der Waals surface area contributed by atoms with Gasteiger partial charge in [-0.25, -0.2) is 14.4 Å². The molecule has 0 saturated carbocycles. The van der Waals surface area contributed by atoms with Crippen LogP contribution in [0.3, 0.4) is 0 Å². The number of nitrogens with zero attached hydrogens (tertiary/aromatic N) is 3. The van der Waals surface area contributed by atoms with E-state index in [1.165, 1.54) is 12.4 Å². The molecule has 1 saturated heterocycles. The first-order valence-corrected chi connectivity index (χ1v) is 4.79. The Bertz CT molecular complexity index is 288. The van der Waals surface area contributed by atoms with Crippen LogP contribution in [0.5, 0.6) is 0 Å². The highest BCUT2D eigenvalue weighted by molar-refractivity contribution is 5.85. The number of aromatic nitrogens is 2. The number of rotatable bonds is 1. The summed E-state index contributed by atoms with van der Waals surface area (Å²) in [4.78, 5) is 9.98.